The van der Waals surface area contributed by atoms with Gasteiger partial charge in [0.25, 0.3) is 0 Å². The van der Waals surface area contributed by atoms with Gasteiger partial charge in [0.05, 0.1) is 0 Å². The molecule has 0 unspecified atom stereocenters. The van der Waals surface area contributed by atoms with E-state index in [0.29, 0.717) is 0 Å². The van der Waals surface area contributed by atoms with Gasteiger partial charge in [-0.15, -0.1) is 0 Å². The zero-order valence-electron chi connectivity index (χ0n) is 4.68. The van der Waals surface area contributed by atoms with E-state index in [1.165, 1.54) is 0 Å². The topological polar surface area (TPSA) is 137 Å². The molecule has 0 bridgehead atoms. The van der Waals surface area contributed by atoms with Gasteiger partial charge >= 0.3 is 56.6 Å². The van der Waals surface area contributed by atoms with Crippen LogP contribution < -0.4 is 18.9 Å². The number of hydrogen-bond donors (Lipinski definition) is 1. The van der Waals surface area contributed by atoms with E-state index in [1.54, 1.807) is 0 Å². The Hall–Kier alpha value is 1.65. The Morgan fingerprint density at radius 1 is 1.22 bits per heavy atom. The van der Waals surface area contributed by atoms with Crippen LogP contribution in [0.15, 0.2) is 0 Å². The van der Waals surface area contributed by atoms with E-state index in [1.807, 2.05) is 0 Å². The predicted octanol–water partition coefficient (Wildman–Crippen LogP) is -4.73. The Bertz CT molecular complexity index is 96.2. The van der Waals surface area contributed by atoms with Gasteiger partial charge in [-0.2, -0.15) is 0 Å². The SMILES string of the molecule is O=S(=O)([O-])O.[Ca+2].[Li+].[OH-].[OH-]. The van der Waals surface area contributed by atoms with Crippen molar-refractivity contribution in [3.8, 4) is 0 Å². The first-order valence-corrected chi connectivity index (χ1v) is 2.05. The van der Waals surface area contributed by atoms with Crippen molar-refractivity contribution >= 4 is 48.1 Å². The van der Waals surface area contributed by atoms with Crippen LogP contribution in [0.4, 0.5) is 0 Å². The molecule has 0 aliphatic rings. The molecule has 9 heavy (non-hydrogen) atoms. The molecule has 0 amide bonds. The van der Waals surface area contributed by atoms with Crippen molar-refractivity contribution in [1.29, 1.82) is 0 Å². The molecule has 0 aromatic rings. The molecule has 0 saturated heterocycles. The maximum absolute atomic E-state index is 8.63. The molecule has 0 aliphatic heterocycles. The zero-order valence-corrected chi connectivity index (χ0v) is 7.71. The summed E-state index contributed by atoms with van der Waals surface area (Å²) in [5.74, 6) is 0. The molecule has 0 aromatic carbocycles. The van der Waals surface area contributed by atoms with E-state index in [-0.39, 0.29) is 67.6 Å². The van der Waals surface area contributed by atoms with Crippen LogP contribution in [0.2, 0.25) is 0 Å². The first-order valence-electron chi connectivity index (χ1n) is 0.683. The van der Waals surface area contributed by atoms with Gasteiger partial charge in [0.15, 0.2) is 0 Å². The Kier molecular flexibility index (Phi) is 42.6. The van der Waals surface area contributed by atoms with Gasteiger partial charge in [-0.3, -0.25) is 4.55 Å². The molecule has 3 N–H and O–H groups in total. The second-order valence-electron chi connectivity index (χ2n) is 0.428. The molecule has 0 atom stereocenters. The van der Waals surface area contributed by atoms with Gasteiger partial charge in [-0.1, -0.05) is 0 Å². The Balaban J connectivity index is -0.0000000133. The molecule has 0 spiro atoms. The Morgan fingerprint density at radius 2 is 1.22 bits per heavy atom. The standard InChI is InChI=1S/Ca.Li.H2O4S.2H2O/c;;1-5(2,3)4;;/h;;(H2,1,2,3,4);2*1H2/q+2;+1;;;/p-3. The fourth-order valence-electron chi connectivity index (χ4n) is 0. The molecule has 0 fully saturated rings. The summed E-state index contributed by atoms with van der Waals surface area (Å²) >= 11 is 0. The van der Waals surface area contributed by atoms with E-state index in [0.717, 1.165) is 0 Å². The van der Waals surface area contributed by atoms with Gasteiger partial charge in [0, 0.05) is 0 Å². The largest absolute Gasteiger partial charge is 2.00 e. The summed E-state index contributed by atoms with van der Waals surface area (Å²) < 4.78 is 32.8. The van der Waals surface area contributed by atoms with Crippen LogP contribution in [-0.2, 0) is 10.4 Å². The Morgan fingerprint density at radius 3 is 1.22 bits per heavy atom. The minimum absolute atomic E-state index is 0. The molecule has 0 saturated carbocycles. The quantitative estimate of drug-likeness (QED) is 0.224. The normalized spacial score (nSPS) is 6.44. The number of rotatable bonds is 0. The molecule has 0 heterocycles. The van der Waals surface area contributed by atoms with Crippen LogP contribution in [0.1, 0.15) is 0 Å². The van der Waals surface area contributed by atoms with Crippen LogP contribution in [0, 0.1) is 0 Å². The molecule has 0 rings (SSSR count). The summed E-state index contributed by atoms with van der Waals surface area (Å²) in [6.45, 7) is 0. The summed E-state index contributed by atoms with van der Waals surface area (Å²) in [5, 5.41) is 0. The third kappa shape index (κ3) is 208. The second kappa shape index (κ2) is 12.3. The van der Waals surface area contributed by atoms with Gasteiger partial charge in [-0.05, 0) is 0 Å². The smallest absolute Gasteiger partial charge is 0.870 e. The van der Waals surface area contributed by atoms with Crippen LogP contribution in [-0.4, -0.2) is 66.2 Å². The van der Waals surface area contributed by atoms with Gasteiger partial charge in [0.1, 0.15) is 0 Å². The predicted molar refractivity (Wildman–Crippen MR) is 22.0 cm³/mol. The summed E-state index contributed by atoms with van der Waals surface area (Å²) in [6.07, 6.45) is 0. The molecular formula is H3CaLiO6S. The minimum atomic E-state index is -4.92. The molecule has 6 nitrogen and oxygen atoms in total. The zero-order chi connectivity index (χ0) is 4.50. The van der Waals surface area contributed by atoms with Crippen LogP contribution in [0.5, 0.6) is 0 Å². The van der Waals surface area contributed by atoms with Gasteiger partial charge in [-0.25, -0.2) is 8.42 Å². The second-order valence-corrected chi connectivity index (χ2v) is 1.28. The Labute approximate surface area is 94.4 Å². The van der Waals surface area contributed by atoms with Gasteiger partial charge in [0.2, 0.25) is 10.4 Å². The summed E-state index contributed by atoms with van der Waals surface area (Å²) in [4.78, 5) is 0. The molecule has 0 radical (unpaired) electrons. The average molecular weight is 178 g/mol. The fourth-order valence-corrected chi connectivity index (χ4v) is 0. The van der Waals surface area contributed by atoms with Crippen LogP contribution in [0.25, 0.3) is 0 Å². The van der Waals surface area contributed by atoms with E-state index in [9.17, 15) is 0 Å². The maximum atomic E-state index is 8.63. The maximum Gasteiger partial charge on any atom is 2.00 e. The van der Waals surface area contributed by atoms with E-state index < -0.39 is 10.4 Å². The van der Waals surface area contributed by atoms with Crippen molar-refractivity contribution in [3.63, 3.8) is 0 Å². The fraction of sp³-hybridized carbons (Fsp3) is 0. The van der Waals surface area contributed by atoms with E-state index >= 15 is 0 Å². The summed E-state index contributed by atoms with van der Waals surface area (Å²) in [6, 6.07) is 0. The van der Waals surface area contributed by atoms with E-state index in [4.69, 9.17) is 17.5 Å². The van der Waals surface area contributed by atoms with Crippen molar-refractivity contribution in [2.45, 2.75) is 0 Å². The first kappa shape index (κ1) is 31.1. The average Bonchev–Trinajstić information content (AvgIpc) is 0.722. The molecule has 0 aliphatic carbocycles. The van der Waals surface area contributed by atoms with Crippen molar-refractivity contribution in [3.05, 3.63) is 0 Å². The molecule has 9 heteroatoms. The third-order valence-corrected chi connectivity index (χ3v) is 0. The van der Waals surface area contributed by atoms with Crippen molar-refractivity contribution in [2.24, 2.45) is 0 Å². The molecule has 0 aromatic heterocycles. The third-order valence-electron chi connectivity index (χ3n) is 0. The van der Waals surface area contributed by atoms with Gasteiger partial charge < -0.3 is 15.5 Å². The number of hydrogen-bond acceptors (Lipinski definition) is 5. The minimum Gasteiger partial charge on any atom is -0.870 e. The summed E-state index contributed by atoms with van der Waals surface area (Å²) in [7, 11) is -4.92. The molecular weight excluding hydrogens is 175 g/mol. The first-order chi connectivity index (χ1) is 2.00. The molecule has 48 valence electrons. The van der Waals surface area contributed by atoms with Crippen LogP contribution in [0.3, 0.4) is 0 Å². The van der Waals surface area contributed by atoms with Crippen molar-refractivity contribution in [2.75, 3.05) is 0 Å². The monoisotopic (exact) mass is 178 g/mol. The van der Waals surface area contributed by atoms with Crippen LogP contribution >= 0.6 is 0 Å². The summed E-state index contributed by atoms with van der Waals surface area (Å²) in [5.41, 5.74) is 0. The van der Waals surface area contributed by atoms with E-state index in [2.05, 4.69) is 0 Å². The van der Waals surface area contributed by atoms with Crippen molar-refractivity contribution < 1.29 is 47.3 Å². The van der Waals surface area contributed by atoms with Crippen molar-refractivity contribution in [1.82, 2.24) is 0 Å².